The van der Waals surface area contributed by atoms with Gasteiger partial charge in [-0.1, -0.05) is 12.1 Å². The Labute approximate surface area is 144 Å². The predicted octanol–water partition coefficient (Wildman–Crippen LogP) is -0.814. The van der Waals surface area contributed by atoms with Crippen molar-refractivity contribution in [2.75, 3.05) is 6.61 Å². The van der Waals surface area contributed by atoms with Gasteiger partial charge in [0.15, 0.2) is 16.0 Å². The van der Waals surface area contributed by atoms with Crippen LogP contribution in [0, 0.1) is 0 Å². The van der Waals surface area contributed by atoms with Crippen LogP contribution in [0.2, 0.25) is 0 Å². The number of rotatable bonds is 2. The minimum atomic E-state index is -2.43. The van der Waals surface area contributed by atoms with Crippen LogP contribution in [0.1, 0.15) is 0 Å². The van der Waals surface area contributed by atoms with Crippen molar-refractivity contribution in [3.05, 3.63) is 30.5 Å². The Morgan fingerprint density at radius 2 is 1.87 bits per heavy atom. The molecule has 0 unspecified atom stereocenters. The van der Waals surface area contributed by atoms with Gasteiger partial charge in [0.25, 0.3) is 0 Å². The van der Waals surface area contributed by atoms with Crippen LogP contribution in [0.5, 0.6) is 5.75 Å². The largest absolute Gasteiger partial charge is 0.506 e. The van der Waals surface area contributed by atoms with E-state index in [9.17, 15) is 30.6 Å². The van der Waals surface area contributed by atoms with E-state index < -0.39 is 34.4 Å². The Balaban J connectivity index is 2.24. The number of fused-ring (bicyclic) bond motifs is 1. The van der Waals surface area contributed by atoms with Crippen molar-refractivity contribution >= 4 is 33.5 Å². The van der Waals surface area contributed by atoms with Crippen LogP contribution in [0.3, 0.4) is 0 Å². The highest BCUT2D eigenvalue weighted by atomic mass is 127. The highest BCUT2D eigenvalue weighted by Gasteiger charge is 2.62. The maximum absolute atomic E-state index is 11.0. The van der Waals surface area contributed by atoms with Crippen molar-refractivity contribution in [2.45, 2.75) is 27.8 Å². The molecule has 0 amide bonds. The molecule has 0 radical (unpaired) electrons. The lowest BCUT2D eigenvalue weighted by atomic mass is 9.91. The molecule has 1 fully saturated rings. The molecule has 0 spiro atoms. The van der Waals surface area contributed by atoms with E-state index in [0.29, 0.717) is 10.9 Å². The molecule has 9 heteroatoms. The number of aliphatic hydroxyl groups is 5. The Hall–Kier alpha value is -0.950. The van der Waals surface area contributed by atoms with E-state index >= 15 is 0 Å². The summed E-state index contributed by atoms with van der Waals surface area (Å²) in [6.07, 6.45) is -4.42. The predicted molar refractivity (Wildman–Crippen MR) is 86.7 cm³/mol. The highest BCUT2D eigenvalue weighted by Crippen LogP contribution is 2.45. The van der Waals surface area contributed by atoms with Gasteiger partial charge < -0.3 is 39.9 Å². The van der Waals surface area contributed by atoms with Gasteiger partial charge in [0, 0.05) is 11.6 Å². The third kappa shape index (κ3) is 2.27. The number of hydrogen-bond donors (Lipinski definition) is 6. The molecule has 6 N–H and O–H groups in total. The summed E-state index contributed by atoms with van der Waals surface area (Å²) in [7, 11) is 0. The molecule has 1 aromatic carbocycles. The first-order valence-electron chi connectivity index (χ1n) is 6.79. The lowest BCUT2D eigenvalue weighted by Crippen LogP contribution is -2.70. The van der Waals surface area contributed by atoms with Crippen LogP contribution in [0.15, 0.2) is 30.5 Å². The molecule has 1 aromatic heterocycles. The van der Waals surface area contributed by atoms with E-state index in [1.165, 1.54) is 0 Å². The molecule has 5 atom stereocenters. The van der Waals surface area contributed by atoms with Crippen LogP contribution in [-0.2, 0) is 10.5 Å². The summed E-state index contributed by atoms with van der Waals surface area (Å²) < 4.78 is 4.37. The number of nitrogens with zero attached hydrogens (tertiary/aromatic N) is 1. The summed E-state index contributed by atoms with van der Waals surface area (Å²) in [6.45, 7) is -0.716. The number of ether oxygens (including phenoxy) is 1. The third-order valence-electron chi connectivity index (χ3n) is 4.13. The minimum absolute atomic E-state index is 0.169. The first-order valence-corrected chi connectivity index (χ1v) is 7.87. The number of halogens is 1. The van der Waals surface area contributed by atoms with E-state index in [1.807, 2.05) is 0 Å². The Kier molecular flexibility index (Phi) is 4.08. The van der Waals surface area contributed by atoms with Gasteiger partial charge in [-0.2, -0.15) is 0 Å². The molecule has 1 saturated heterocycles. The number of benzene rings is 1. The molecule has 8 nitrogen and oxygen atoms in total. The molecule has 3 rings (SSSR count). The van der Waals surface area contributed by atoms with Crippen molar-refractivity contribution in [3.63, 3.8) is 0 Å². The molecule has 126 valence electrons. The van der Waals surface area contributed by atoms with E-state index in [-0.39, 0.29) is 5.75 Å². The normalized spacial score (nSPS) is 38.1. The summed E-state index contributed by atoms with van der Waals surface area (Å²) in [6, 6.07) is 6.50. The SMILES string of the molecule is OC[C@@]1(I)O[C@H](O)[C@@H](O)[C@](O)(n2cc(O)c3ccccc32)[C@@H]1O. The minimum Gasteiger partial charge on any atom is -0.506 e. The maximum atomic E-state index is 11.0. The molecular formula is C14H16INO7. The fourth-order valence-electron chi connectivity index (χ4n) is 2.87. The van der Waals surface area contributed by atoms with Crippen LogP contribution in [0.25, 0.3) is 10.9 Å². The van der Waals surface area contributed by atoms with Crippen LogP contribution < -0.4 is 0 Å². The lowest BCUT2D eigenvalue weighted by Gasteiger charge is -2.50. The van der Waals surface area contributed by atoms with Crippen molar-refractivity contribution in [2.24, 2.45) is 0 Å². The second kappa shape index (κ2) is 5.55. The van der Waals surface area contributed by atoms with Gasteiger partial charge >= 0.3 is 0 Å². The number of aromatic nitrogens is 1. The zero-order chi connectivity index (χ0) is 17.0. The van der Waals surface area contributed by atoms with Gasteiger partial charge in [0.1, 0.15) is 11.9 Å². The number of para-hydroxylation sites is 1. The Morgan fingerprint density at radius 1 is 1.22 bits per heavy atom. The summed E-state index contributed by atoms with van der Waals surface area (Å²) >= 11 is 1.56. The number of alkyl halides is 1. The van der Waals surface area contributed by atoms with Crippen LogP contribution in [0.4, 0.5) is 0 Å². The molecular weight excluding hydrogens is 421 g/mol. The van der Waals surface area contributed by atoms with Crippen molar-refractivity contribution in [1.29, 1.82) is 0 Å². The van der Waals surface area contributed by atoms with Crippen molar-refractivity contribution in [3.8, 4) is 5.75 Å². The second-order valence-electron chi connectivity index (χ2n) is 5.48. The fourth-order valence-corrected chi connectivity index (χ4v) is 3.59. The van der Waals surface area contributed by atoms with Gasteiger partial charge in [-0.05, 0) is 34.7 Å². The van der Waals surface area contributed by atoms with E-state index in [2.05, 4.69) is 0 Å². The zero-order valence-corrected chi connectivity index (χ0v) is 13.9. The summed E-state index contributed by atoms with van der Waals surface area (Å²) in [4.78, 5) is 0. The topological polar surface area (TPSA) is 136 Å². The molecule has 1 aliphatic rings. The molecule has 1 aliphatic heterocycles. The average molecular weight is 437 g/mol. The smallest absolute Gasteiger partial charge is 0.203 e. The van der Waals surface area contributed by atoms with Crippen LogP contribution >= 0.6 is 22.6 Å². The third-order valence-corrected chi connectivity index (χ3v) is 5.31. The van der Waals surface area contributed by atoms with Gasteiger partial charge in [0.2, 0.25) is 5.72 Å². The van der Waals surface area contributed by atoms with Gasteiger partial charge in [-0.3, -0.25) is 0 Å². The van der Waals surface area contributed by atoms with E-state index in [0.717, 1.165) is 10.8 Å². The summed E-state index contributed by atoms with van der Waals surface area (Å²) in [5.41, 5.74) is -2.10. The molecule has 2 aromatic rings. The first-order chi connectivity index (χ1) is 10.8. The highest BCUT2D eigenvalue weighted by molar-refractivity contribution is 14.1. The Morgan fingerprint density at radius 3 is 2.52 bits per heavy atom. The zero-order valence-electron chi connectivity index (χ0n) is 11.7. The lowest BCUT2D eigenvalue weighted by molar-refractivity contribution is -0.351. The molecule has 0 saturated carbocycles. The number of aliphatic hydroxyl groups excluding tert-OH is 4. The number of aromatic hydroxyl groups is 1. The summed E-state index contributed by atoms with van der Waals surface area (Å²) in [5, 5.41) is 61.6. The standard InChI is InChI=1S/C14H16INO7/c15-13(6-17)12(21)14(22,10(19)11(20)23-13)16-5-9(18)7-3-1-2-4-8(7)16/h1-5,10-12,17-22H,6H2/t10-,11+,12-,13-,14-/m1/s1. The Bertz CT molecular complexity index is 737. The number of hydrogen-bond acceptors (Lipinski definition) is 7. The quantitative estimate of drug-likeness (QED) is 0.267. The monoisotopic (exact) mass is 437 g/mol. The van der Waals surface area contributed by atoms with Crippen molar-refractivity contribution < 1.29 is 35.4 Å². The van der Waals surface area contributed by atoms with E-state index in [4.69, 9.17) is 4.74 Å². The molecule has 23 heavy (non-hydrogen) atoms. The second-order valence-corrected chi connectivity index (χ2v) is 7.31. The fraction of sp³-hybridized carbons (Fsp3) is 0.429. The van der Waals surface area contributed by atoms with Gasteiger partial charge in [-0.15, -0.1) is 0 Å². The molecule has 0 aliphatic carbocycles. The van der Waals surface area contributed by atoms with Gasteiger partial charge in [0.05, 0.1) is 12.1 Å². The maximum Gasteiger partial charge on any atom is 0.203 e. The molecule has 2 heterocycles. The summed E-state index contributed by atoms with van der Waals surface area (Å²) in [5.74, 6) is -0.169. The van der Waals surface area contributed by atoms with Crippen molar-refractivity contribution in [1.82, 2.24) is 4.57 Å². The molecule has 0 bridgehead atoms. The first kappa shape index (κ1) is 16.9. The van der Waals surface area contributed by atoms with Gasteiger partial charge in [-0.25, -0.2) is 0 Å². The van der Waals surface area contributed by atoms with E-state index in [1.54, 1.807) is 46.9 Å². The van der Waals surface area contributed by atoms with Crippen LogP contribution in [-0.4, -0.2) is 63.9 Å². The average Bonchev–Trinajstić information content (AvgIpc) is 2.89.